The van der Waals surface area contributed by atoms with Gasteiger partial charge in [0.25, 0.3) is 0 Å². The summed E-state index contributed by atoms with van der Waals surface area (Å²) in [6.45, 7) is 3.53. The van der Waals surface area contributed by atoms with Gasteiger partial charge < -0.3 is 11.1 Å². The van der Waals surface area contributed by atoms with Crippen LogP contribution in [0.15, 0.2) is 0 Å². The number of nitrogens with one attached hydrogen (secondary N) is 1. The second-order valence-corrected chi connectivity index (χ2v) is 5.69. The Balaban J connectivity index is 2.57. The molecule has 0 aromatic carbocycles. The molecule has 1 fully saturated rings. The predicted molar refractivity (Wildman–Crippen MR) is 71.2 cm³/mol. The number of carbonyl (C=O) groups is 1. The van der Waals surface area contributed by atoms with E-state index in [-0.39, 0.29) is 19.0 Å². The predicted octanol–water partition coefficient (Wildman–Crippen LogP) is 1.65. The lowest BCUT2D eigenvalue weighted by Crippen LogP contribution is -2.55. The number of hydrogen-bond acceptors (Lipinski definition) is 3. The van der Waals surface area contributed by atoms with E-state index in [1.807, 2.05) is 6.92 Å². The normalized spacial score (nSPS) is 19.1. The maximum Gasteiger partial charge on any atom is 0.401 e. The molecule has 4 nitrogen and oxygen atoms in total. The van der Waals surface area contributed by atoms with Crippen LogP contribution in [0.5, 0.6) is 0 Å². The molecule has 0 heterocycles. The summed E-state index contributed by atoms with van der Waals surface area (Å²) in [6.07, 6.45) is -1.49. The maximum atomic E-state index is 12.5. The Kier molecular flexibility index (Phi) is 5.82. The highest BCUT2D eigenvalue weighted by Crippen LogP contribution is 2.30. The van der Waals surface area contributed by atoms with Gasteiger partial charge in [0, 0.05) is 12.6 Å². The van der Waals surface area contributed by atoms with Gasteiger partial charge in [0.1, 0.15) is 0 Å². The molecule has 0 aromatic heterocycles. The molecule has 0 bridgehead atoms. The number of primary amides is 1. The van der Waals surface area contributed by atoms with Crippen molar-refractivity contribution in [1.29, 1.82) is 0 Å². The van der Waals surface area contributed by atoms with E-state index in [9.17, 15) is 18.0 Å². The molecule has 3 N–H and O–H groups in total. The molecule has 20 heavy (non-hydrogen) atoms. The van der Waals surface area contributed by atoms with Crippen LogP contribution in [0.3, 0.4) is 0 Å². The van der Waals surface area contributed by atoms with Gasteiger partial charge in [-0.1, -0.05) is 6.92 Å². The lowest BCUT2D eigenvalue weighted by Gasteiger charge is -2.31. The first kappa shape index (κ1) is 17.2. The fourth-order valence-corrected chi connectivity index (χ4v) is 2.13. The van der Waals surface area contributed by atoms with E-state index < -0.39 is 24.2 Å². The zero-order chi connectivity index (χ0) is 15.4. The van der Waals surface area contributed by atoms with Crippen LogP contribution < -0.4 is 11.1 Å². The Bertz CT molecular complexity index is 331. The van der Waals surface area contributed by atoms with Crippen molar-refractivity contribution in [1.82, 2.24) is 10.2 Å². The number of nitrogens with zero attached hydrogens (tertiary/aromatic N) is 1. The average molecular weight is 295 g/mol. The molecule has 0 spiro atoms. The first-order valence-corrected chi connectivity index (χ1v) is 7.03. The van der Waals surface area contributed by atoms with Crippen LogP contribution in [0.25, 0.3) is 0 Å². The number of halogens is 3. The molecule has 0 aliphatic heterocycles. The average Bonchev–Trinajstić information content (AvgIpc) is 3.14. The van der Waals surface area contributed by atoms with Crippen LogP contribution >= 0.6 is 0 Å². The van der Waals surface area contributed by atoms with Crippen molar-refractivity contribution in [2.24, 2.45) is 5.73 Å². The fraction of sp³-hybridized carbons (Fsp3) is 0.923. The van der Waals surface area contributed by atoms with Crippen LogP contribution in [0.1, 0.15) is 39.5 Å². The van der Waals surface area contributed by atoms with E-state index in [1.54, 1.807) is 6.92 Å². The molecule has 0 radical (unpaired) electrons. The maximum absolute atomic E-state index is 12.5. The second-order valence-electron chi connectivity index (χ2n) is 5.69. The Morgan fingerprint density at radius 1 is 1.40 bits per heavy atom. The second kappa shape index (κ2) is 6.76. The Labute approximate surface area is 117 Å². The Hall–Kier alpha value is -0.820. The van der Waals surface area contributed by atoms with Crippen molar-refractivity contribution in [3.63, 3.8) is 0 Å². The zero-order valence-corrected chi connectivity index (χ0v) is 12.1. The highest BCUT2D eigenvalue weighted by molar-refractivity contribution is 5.84. The van der Waals surface area contributed by atoms with E-state index in [1.165, 1.54) is 4.90 Å². The monoisotopic (exact) mass is 295 g/mol. The molecule has 118 valence electrons. The summed E-state index contributed by atoms with van der Waals surface area (Å²) in [7, 11) is 0. The van der Waals surface area contributed by atoms with Gasteiger partial charge in [0.2, 0.25) is 5.91 Å². The quantitative estimate of drug-likeness (QED) is 0.680. The van der Waals surface area contributed by atoms with Gasteiger partial charge in [-0.2, -0.15) is 13.2 Å². The third-order valence-electron chi connectivity index (χ3n) is 3.65. The summed E-state index contributed by atoms with van der Waals surface area (Å²) in [5, 5.41) is 3.04. The van der Waals surface area contributed by atoms with Crippen molar-refractivity contribution in [2.45, 2.75) is 57.3 Å². The summed E-state index contributed by atoms with van der Waals surface area (Å²) < 4.78 is 37.6. The zero-order valence-electron chi connectivity index (χ0n) is 12.1. The minimum atomic E-state index is -4.21. The number of alkyl halides is 3. The molecule has 1 amide bonds. The lowest BCUT2D eigenvalue weighted by molar-refractivity contribution is -0.147. The summed E-state index contributed by atoms with van der Waals surface area (Å²) in [5.74, 6) is -0.520. The van der Waals surface area contributed by atoms with Crippen molar-refractivity contribution < 1.29 is 18.0 Å². The topological polar surface area (TPSA) is 58.4 Å². The van der Waals surface area contributed by atoms with Crippen molar-refractivity contribution in [2.75, 3.05) is 19.6 Å². The van der Waals surface area contributed by atoms with Gasteiger partial charge in [0.05, 0.1) is 12.1 Å². The highest BCUT2D eigenvalue weighted by atomic mass is 19.4. The van der Waals surface area contributed by atoms with Gasteiger partial charge >= 0.3 is 6.18 Å². The van der Waals surface area contributed by atoms with Gasteiger partial charge in [-0.15, -0.1) is 0 Å². The fourth-order valence-electron chi connectivity index (χ4n) is 2.13. The van der Waals surface area contributed by atoms with Gasteiger partial charge in [-0.05, 0) is 39.2 Å². The van der Waals surface area contributed by atoms with Crippen molar-refractivity contribution in [3.05, 3.63) is 0 Å². The van der Waals surface area contributed by atoms with Crippen LogP contribution in [0.4, 0.5) is 13.2 Å². The molecule has 1 aliphatic carbocycles. The van der Waals surface area contributed by atoms with E-state index >= 15 is 0 Å². The Morgan fingerprint density at radius 2 is 2.00 bits per heavy atom. The van der Waals surface area contributed by atoms with Crippen molar-refractivity contribution in [3.8, 4) is 0 Å². The third-order valence-corrected chi connectivity index (χ3v) is 3.65. The summed E-state index contributed by atoms with van der Waals surface area (Å²) >= 11 is 0. The van der Waals surface area contributed by atoms with Crippen LogP contribution in [0.2, 0.25) is 0 Å². The molecular weight excluding hydrogens is 271 g/mol. The number of carbonyl (C=O) groups excluding carboxylic acids is 1. The van der Waals surface area contributed by atoms with E-state index in [0.717, 1.165) is 19.3 Å². The molecule has 7 heteroatoms. The number of hydrogen-bond donors (Lipinski definition) is 2. The van der Waals surface area contributed by atoms with Crippen molar-refractivity contribution >= 4 is 5.91 Å². The highest BCUT2D eigenvalue weighted by Gasteiger charge is 2.39. The van der Waals surface area contributed by atoms with Gasteiger partial charge in [-0.25, -0.2) is 0 Å². The molecule has 0 aromatic rings. The lowest BCUT2D eigenvalue weighted by atomic mass is 9.96. The molecule has 1 aliphatic rings. The number of rotatable bonds is 9. The smallest absolute Gasteiger partial charge is 0.368 e. The first-order valence-electron chi connectivity index (χ1n) is 7.03. The van der Waals surface area contributed by atoms with E-state index in [4.69, 9.17) is 5.73 Å². The number of amides is 1. The standard InChI is InChI=1S/C13H24F3N3O/c1-3-7-18-12(2,11(17)20)6-8-19(10-4-5-10)9-13(14,15)16/h10,18H,3-9H2,1-2H3,(H2,17,20). The van der Waals surface area contributed by atoms with Crippen LogP contribution in [-0.4, -0.2) is 48.2 Å². The third kappa shape index (κ3) is 5.66. The first-order chi connectivity index (χ1) is 9.18. The van der Waals surface area contributed by atoms with Gasteiger partial charge in [-0.3, -0.25) is 9.69 Å². The largest absolute Gasteiger partial charge is 0.401 e. The molecule has 1 atom stereocenters. The molecule has 1 rings (SSSR count). The molecule has 1 unspecified atom stereocenters. The van der Waals surface area contributed by atoms with Crippen LogP contribution in [-0.2, 0) is 4.79 Å². The molecule has 1 saturated carbocycles. The van der Waals surface area contributed by atoms with Gasteiger partial charge in [0.15, 0.2) is 0 Å². The summed E-state index contributed by atoms with van der Waals surface area (Å²) in [5.41, 5.74) is 4.43. The summed E-state index contributed by atoms with van der Waals surface area (Å²) in [6, 6.07) is -0.0000679. The minimum Gasteiger partial charge on any atom is -0.368 e. The van der Waals surface area contributed by atoms with Crippen LogP contribution in [0, 0.1) is 0 Å². The SMILES string of the molecule is CCCNC(C)(CCN(CC(F)(F)F)C1CC1)C(N)=O. The molecular formula is C13H24F3N3O. The number of nitrogens with two attached hydrogens (primary N) is 1. The van der Waals surface area contributed by atoms with E-state index in [2.05, 4.69) is 5.32 Å². The Morgan fingerprint density at radius 3 is 2.40 bits per heavy atom. The minimum absolute atomic E-state index is 0.0000679. The van der Waals surface area contributed by atoms with E-state index in [0.29, 0.717) is 6.54 Å². The summed E-state index contributed by atoms with van der Waals surface area (Å²) in [4.78, 5) is 12.9. The molecule has 0 saturated heterocycles.